The average Bonchev–Trinajstić information content (AvgIpc) is 2.45. The van der Waals surface area contributed by atoms with Crippen LogP contribution in [0, 0.1) is 19.8 Å². The number of hydrogen-bond acceptors (Lipinski definition) is 1. The number of rotatable bonds is 4. The summed E-state index contributed by atoms with van der Waals surface area (Å²) in [6, 6.07) is 0. The third-order valence-corrected chi connectivity index (χ3v) is 3.51. The molecule has 1 heterocycles. The summed E-state index contributed by atoms with van der Waals surface area (Å²) in [6.07, 6.45) is 3.15. The van der Waals surface area contributed by atoms with E-state index in [1.54, 1.807) is 0 Å². The SMILES string of the molecule is CCC(CBr)Cn1cnc(C)c1C. The quantitative estimate of drug-likeness (QED) is 0.746. The van der Waals surface area contributed by atoms with Crippen LogP contribution in [0.1, 0.15) is 24.7 Å². The molecule has 1 aromatic heterocycles. The monoisotopic (exact) mass is 244 g/mol. The van der Waals surface area contributed by atoms with E-state index in [4.69, 9.17) is 0 Å². The minimum atomic E-state index is 0.715. The van der Waals surface area contributed by atoms with Gasteiger partial charge in [-0.1, -0.05) is 29.3 Å². The van der Waals surface area contributed by atoms with Crippen molar-refractivity contribution in [3.8, 4) is 0 Å². The van der Waals surface area contributed by atoms with E-state index in [9.17, 15) is 0 Å². The highest BCUT2D eigenvalue weighted by Gasteiger charge is 2.08. The molecule has 1 unspecified atom stereocenters. The molecule has 0 spiro atoms. The van der Waals surface area contributed by atoms with E-state index >= 15 is 0 Å². The summed E-state index contributed by atoms with van der Waals surface area (Å²) < 4.78 is 2.24. The van der Waals surface area contributed by atoms with Crippen LogP contribution in [0.2, 0.25) is 0 Å². The fourth-order valence-electron chi connectivity index (χ4n) is 1.29. The first-order chi connectivity index (χ1) is 6.19. The molecule has 1 aromatic rings. The van der Waals surface area contributed by atoms with Crippen LogP contribution in [0.3, 0.4) is 0 Å². The second-order valence-corrected chi connectivity index (χ2v) is 4.14. The summed E-state index contributed by atoms with van der Waals surface area (Å²) in [5, 5.41) is 1.07. The zero-order chi connectivity index (χ0) is 9.84. The Kier molecular flexibility index (Phi) is 3.97. The van der Waals surface area contributed by atoms with Crippen LogP contribution in [0.15, 0.2) is 6.33 Å². The van der Waals surface area contributed by atoms with E-state index in [0.29, 0.717) is 5.92 Å². The standard InChI is InChI=1S/C10H17BrN2/c1-4-10(5-11)6-13-7-12-8(2)9(13)3/h7,10H,4-6H2,1-3H3. The molecule has 0 aliphatic rings. The lowest BCUT2D eigenvalue weighted by atomic mass is 10.1. The van der Waals surface area contributed by atoms with Crippen molar-refractivity contribution in [2.45, 2.75) is 33.7 Å². The molecule has 0 fully saturated rings. The lowest BCUT2D eigenvalue weighted by Gasteiger charge is -2.13. The second kappa shape index (κ2) is 4.80. The topological polar surface area (TPSA) is 17.8 Å². The molecule has 0 saturated carbocycles. The van der Waals surface area contributed by atoms with E-state index in [1.165, 1.54) is 12.1 Å². The van der Waals surface area contributed by atoms with Crippen molar-refractivity contribution in [2.24, 2.45) is 5.92 Å². The van der Waals surface area contributed by atoms with Crippen LogP contribution in [0.25, 0.3) is 0 Å². The average molecular weight is 245 g/mol. The molecule has 0 aliphatic heterocycles. The number of imidazole rings is 1. The van der Waals surface area contributed by atoms with Crippen molar-refractivity contribution in [3.05, 3.63) is 17.7 Å². The molecule has 0 saturated heterocycles. The number of halogens is 1. The van der Waals surface area contributed by atoms with Gasteiger partial charge in [0.2, 0.25) is 0 Å². The van der Waals surface area contributed by atoms with Gasteiger partial charge >= 0.3 is 0 Å². The Hall–Kier alpha value is -0.310. The number of alkyl halides is 1. The summed E-state index contributed by atoms with van der Waals surface area (Å²) in [6.45, 7) is 7.49. The maximum atomic E-state index is 4.29. The van der Waals surface area contributed by atoms with Crippen LogP contribution in [0.4, 0.5) is 0 Å². The Morgan fingerprint density at radius 2 is 2.23 bits per heavy atom. The lowest BCUT2D eigenvalue weighted by molar-refractivity contribution is 0.472. The third kappa shape index (κ3) is 2.56. The van der Waals surface area contributed by atoms with Gasteiger partial charge in [-0.05, 0) is 19.8 Å². The molecular weight excluding hydrogens is 228 g/mol. The summed E-state index contributed by atoms with van der Waals surface area (Å²) in [4.78, 5) is 4.29. The fourth-order valence-corrected chi connectivity index (χ4v) is 1.96. The summed E-state index contributed by atoms with van der Waals surface area (Å²) in [7, 11) is 0. The van der Waals surface area contributed by atoms with Crippen LogP contribution in [-0.4, -0.2) is 14.9 Å². The Morgan fingerprint density at radius 1 is 1.54 bits per heavy atom. The Bertz CT molecular complexity index is 264. The molecule has 0 amide bonds. The molecule has 1 atom stereocenters. The summed E-state index contributed by atoms with van der Waals surface area (Å²) >= 11 is 3.53. The third-order valence-electron chi connectivity index (χ3n) is 2.60. The lowest BCUT2D eigenvalue weighted by Crippen LogP contribution is -2.11. The predicted octanol–water partition coefficient (Wildman–Crippen LogP) is 2.92. The van der Waals surface area contributed by atoms with Gasteiger partial charge in [0.25, 0.3) is 0 Å². The van der Waals surface area contributed by atoms with Crippen molar-refractivity contribution in [1.82, 2.24) is 9.55 Å². The van der Waals surface area contributed by atoms with Crippen LogP contribution >= 0.6 is 15.9 Å². The molecule has 0 aromatic carbocycles. The van der Waals surface area contributed by atoms with Crippen molar-refractivity contribution >= 4 is 15.9 Å². The van der Waals surface area contributed by atoms with Gasteiger partial charge in [-0.2, -0.15) is 0 Å². The van der Waals surface area contributed by atoms with Gasteiger partial charge in [-0.3, -0.25) is 0 Å². The first kappa shape index (κ1) is 10.8. The molecule has 74 valence electrons. The Balaban J connectivity index is 2.67. The van der Waals surface area contributed by atoms with Crippen LogP contribution in [-0.2, 0) is 6.54 Å². The molecule has 0 bridgehead atoms. The first-order valence-corrected chi connectivity index (χ1v) is 5.85. The van der Waals surface area contributed by atoms with Gasteiger partial charge in [0.05, 0.1) is 12.0 Å². The molecule has 0 radical (unpaired) electrons. The van der Waals surface area contributed by atoms with E-state index in [2.05, 4.69) is 46.3 Å². The molecule has 1 rings (SSSR count). The van der Waals surface area contributed by atoms with Gasteiger partial charge in [0.1, 0.15) is 0 Å². The number of nitrogens with zero attached hydrogens (tertiary/aromatic N) is 2. The Morgan fingerprint density at radius 3 is 2.62 bits per heavy atom. The van der Waals surface area contributed by atoms with E-state index in [0.717, 1.165) is 17.6 Å². The summed E-state index contributed by atoms with van der Waals surface area (Å²) in [5.41, 5.74) is 2.43. The highest BCUT2D eigenvalue weighted by Crippen LogP contribution is 2.12. The van der Waals surface area contributed by atoms with Crippen molar-refractivity contribution < 1.29 is 0 Å². The van der Waals surface area contributed by atoms with E-state index < -0.39 is 0 Å². The molecule has 2 nitrogen and oxygen atoms in total. The van der Waals surface area contributed by atoms with Gasteiger partial charge < -0.3 is 4.57 Å². The summed E-state index contributed by atoms with van der Waals surface area (Å²) in [5.74, 6) is 0.715. The highest BCUT2D eigenvalue weighted by atomic mass is 79.9. The van der Waals surface area contributed by atoms with Gasteiger partial charge in [-0.15, -0.1) is 0 Å². The van der Waals surface area contributed by atoms with Gasteiger partial charge in [0.15, 0.2) is 0 Å². The van der Waals surface area contributed by atoms with Crippen molar-refractivity contribution in [3.63, 3.8) is 0 Å². The minimum absolute atomic E-state index is 0.715. The largest absolute Gasteiger partial charge is 0.334 e. The van der Waals surface area contributed by atoms with E-state index in [-0.39, 0.29) is 0 Å². The predicted molar refractivity (Wildman–Crippen MR) is 59.3 cm³/mol. The van der Waals surface area contributed by atoms with Crippen LogP contribution < -0.4 is 0 Å². The number of hydrogen-bond donors (Lipinski definition) is 0. The van der Waals surface area contributed by atoms with Gasteiger partial charge in [0, 0.05) is 17.6 Å². The van der Waals surface area contributed by atoms with E-state index in [1.807, 2.05) is 6.33 Å². The van der Waals surface area contributed by atoms with Crippen molar-refractivity contribution in [2.75, 3.05) is 5.33 Å². The zero-order valence-electron chi connectivity index (χ0n) is 8.55. The van der Waals surface area contributed by atoms with Gasteiger partial charge in [-0.25, -0.2) is 4.98 Å². The highest BCUT2D eigenvalue weighted by molar-refractivity contribution is 9.09. The first-order valence-electron chi connectivity index (χ1n) is 4.73. The molecule has 3 heteroatoms. The normalized spacial score (nSPS) is 13.2. The molecule has 0 N–H and O–H groups in total. The molecular formula is C10H17BrN2. The maximum absolute atomic E-state index is 4.29. The Labute approximate surface area is 88.5 Å². The maximum Gasteiger partial charge on any atom is 0.0951 e. The zero-order valence-corrected chi connectivity index (χ0v) is 10.1. The molecule has 0 aliphatic carbocycles. The minimum Gasteiger partial charge on any atom is -0.334 e. The smallest absolute Gasteiger partial charge is 0.0951 e. The molecule has 13 heavy (non-hydrogen) atoms. The number of aromatic nitrogens is 2. The van der Waals surface area contributed by atoms with Crippen LogP contribution in [0.5, 0.6) is 0 Å². The fraction of sp³-hybridized carbons (Fsp3) is 0.700. The second-order valence-electron chi connectivity index (χ2n) is 3.50. The number of aryl methyl sites for hydroxylation is 1. The van der Waals surface area contributed by atoms with Crippen molar-refractivity contribution in [1.29, 1.82) is 0 Å².